The van der Waals surface area contributed by atoms with Crippen molar-refractivity contribution in [1.82, 2.24) is 0 Å². The van der Waals surface area contributed by atoms with Crippen molar-refractivity contribution in [2.45, 2.75) is 58.2 Å². The topological polar surface area (TPSA) is 113 Å². The lowest BCUT2D eigenvalue weighted by molar-refractivity contribution is -0.176. The van der Waals surface area contributed by atoms with Gasteiger partial charge in [0, 0.05) is 33.9 Å². The van der Waals surface area contributed by atoms with Crippen LogP contribution in [0.5, 0.6) is 17.2 Å². The van der Waals surface area contributed by atoms with Crippen LogP contribution in [-0.4, -0.2) is 26.9 Å². The summed E-state index contributed by atoms with van der Waals surface area (Å²) in [6, 6.07) is 8.78. The van der Waals surface area contributed by atoms with E-state index in [1.165, 1.54) is 0 Å². The molecule has 4 atom stereocenters. The number of phenols is 2. The molecule has 2 aliphatic carbocycles. The van der Waals surface area contributed by atoms with Crippen LogP contribution in [0.25, 0.3) is 32.9 Å². The van der Waals surface area contributed by atoms with Crippen LogP contribution in [0.1, 0.15) is 64.6 Å². The lowest BCUT2D eigenvalue weighted by atomic mass is 9.51. The number of carbonyl (C=O) groups is 1. The van der Waals surface area contributed by atoms with Crippen molar-refractivity contribution in [3.8, 4) is 17.2 Å². The Bertz CT molecular complexity index is 2040. The highest BCUT2D eigenvalue weighted by Gasteiger charge is 2.68. The number of ketones is 1. The number of aryl methyl sites for hydroxylation is 3. The molecule has 0 spiro atoms. The van der Waals surface area contributed by atoms with Gasteiger partial charge in [0.1, 0.15) is 34.0 Å². The van der Waals surface area contributed by atoms with Gasteiger partial charge >= 0.3 is 0 Å². The quantitative estimate of drug-likeness (QED) is 0.184. The van der Waals surface area contributed by atoms with E-state index in [0.29, 0.717) is 45.3 Å². The zero-order chi connectivity index (χ0) is 28.0. The summed E-state index contributed by atoms with van der Waals surface area (Å²) in [4.78, 5) is 14.1. The minimum absolute atomic E-state index is 0.0241. The van der Waals surface area contributed by atoms with Crippen LogP contribution < -0.4 is 4.74 Å². The zero-order valence-electron chi connectivity index (χ0n) is 22.8. The van der Waals surface area contributed by atoms with Crippen molar-refractivity contribution in [3.05, 3.63) is 75.6 Å². The molecule has 0 fully saturated rings. The molecule has 7 heteroatoms. The number of benzene rings is 3. The predicted molar refractivity (Wildman–Crippen MR) is 149 cm³/mol. The van der Waals surface area contributed by atoms with E-state index in [9.17, 15) is 20.1 Å². The summed E-state index contributed by atoms with van der Waals surface area (Å²) in [5, 5.41) is 36.1. The molecule has 2 aromatic heterocycles. The number of ether oxygens (including phenoxy) is 1. The number of aromatic hydroxyl groups is 2. The third-order valence-corrected chi connectivity index (χ3v) is 9.44. The lowest BCUT2D eigenvalue weighted by Crippen LogP contribution is -2.65. The second-order valence-corrected chi connectivity index (χ2v) is 12.2. The number of carbonyl (C=O) groups excluding carboxylic acids is 1. The fourth-order valence-electron chi connectivity index (χ4n) is 8.19. The number of phenolic OH excluding ortho intramolecular Hbond substituents is 2. The van der Waals surface area contributed by atoms with Gasteiger partial charge in [-0.1, -0.05) is 18.6 Å². The molecule has 3 aliphatic rings. The van der Waals surface area contributed by atoms with Crippen LogP contribution in [0.2, 0.25) is 0 Å². The molecule has 0 bridgehead atoms. The SMILES string of the molecule is CC1=CC2c3c(cc4oc5cc(C)cc(O)c5c4c3C)OC3(O)C(=O)c4oc5cc(C)cc(O)c5c4C(C)(C1)C23. The monoisotopic (exact) mass is 536 g/mol. The van der Waals surface area contributed by atoms with Crippen molar-refractivity contribution < 1.29 is 33.7 Å². The van der Waals surface area contributed by atoms with Crippen LogP contribution in [0.4, 0.5) is 0 Å². The van der Waals surface area contributed by atoms with Crippen molar-refractivity contribution in [1.29, 1.82) is 0 Å². The number of hydrogen-bond acceptors (Lipinski definition) is 7. The van der Waals surface area contributed by atoms with Gasteiger partial charge < -0.3 is 28.9 Å². The maximum absolute atomic E-state index is 14.1. The molecule has 202 valence electrons. The molecule has 5 aromatic rings. The number of fused-ring (bicyclic) bond motifs is 9. The molecule has 3 N–H and O–H groups in total. The third kappa shape index (κ3) is 2.61. The van der Waals surface area contributed by atoms with Gasteiger partial charge in [0.15, 0.2) is 5.76 Å². The maximum Gasteiger partial charge on any atom is 0.280 e. The minimum Gasteiger partial charge on any atom is -0.507 e. The first kappa shape index (κ1) is 23.6. The van der Waals surface area contributed by atoms with E-state index in [0.717, 1.165) is 33.2 Å². The Balaban J connectivity index is 1.47. The first-order chi connectivity index (χ1) is 18.9. The van der Waals surface area contributed by atoms with Gasteiger partial charge in [0.05, 0.1) is 16.7 Å². The highest BCUT2D eigenvalue weighted by Crippen LogP contribution is 2.64. The standard InChI is InChI=1S/C33H28O7/c1-13-7-18(34)26-20(9-13)38-22-11-23-24(16(4)25(22)26)17-6-15(3)12-32(5)28-27-19(35)8-14(2)10-21(27)39-29(28)31(36)33(37,40-23)30(17)32/h6-11,17,30,34-35,37H,12H2,1-5H3. The Kier molecular flexibility index (Phi) is 4.19. The second-order valence-electron chi connectivity index (χ2n) is 12.2. The van der Waals surface area contributed by atoms with Crippen molar-refractivity contribution in [2.75, 3.05) is 0 Å². The van der Waals surface area contributed by atoms with E-state index in [1.54, 1.807) is 24.3 Å². The van der Waals surface area contributed by atoms with E-state index in [1.807, 2.05) is 40.7 Å². The smallest absolute Gasteiger partial charge is 0.280 e. The summed E-state index contributed by atoms with van der Waals surface area (Å²) in [7, 11) is 0. The van der Waals surface area contributed by atoms with Gasteiger partial charge in [-0.2, -0.15) is 0 Å². The predicted octanol–water partition coefficient (Wildman–Crippen LogP) is 6.95. The number of aliphatic hydroxyl groups is 1. The third-order valence-electron chi connectivity index (χ3n) is 9.44. The number of rotatable bonds is 0. The lowest BCUT2D eigenvalue weighted by Gasteiger charge is -2.56. The van der Waals surface area contributed by atoms with Gasteiger partial charge in [0.25, 0.3) is 11.6 Å². The Morgan fingerprint density at radius 3 is 2.17 bits per heavy atom. The van der Waals surface area contributed by atoms with Crippen LogP contribution in [0, 0.1) is 26.7 Å². The second kappa shape index (κ2) is 7.09. The molecule has 1 aliphatic heterocycles. The number of furan rings is 2. The maximum atomic E-state index is 14.1. The molecular weight excluding hydrogens is 508 g/mol. The minimum atomic E-state index is -2.19. The van der Waals surface area contributed by atoms with Crippen molar-refractivity contribution >= 4 is 38.7 Å². The van der Waals surface area contributed by atoms with Crippen LogP contribution in [-0.2, 0) is 5.41 Å². The Labute approximate surface area is 229 Å². The van der Waals surface area contributed by atoms with E-state index in [-0.39, 0.29) is 23.2 Å². The normalized spacial score (nSPS) is 26.9. The van der Waals surface area contributed by atoms with E-state index < -0.39 is 22.9 Å². The average Bonchev–Trinajstić information content (AvgIpc) is 3.41. The molecule has 4 unspecified atom stereocenters. The molecule has 7 nitrogen and oxygen atoms in total. The summed E-state index contributed by atoms with van der Waals surface area (Å²) in [6.45, 7) is 9.78. The molecule has 0 radical (unpaired) electrons. The fraction of sp³-hybridized carbons (Fsp3) is 0.303. The van der Waals surface area contributed by atoms with Gasteiger partial charge in [-0.15, -0.1) is 0 Å². The molecule has 0 amide bonds. The van der Waals surface area contributed by atoms with Crippen LogP contribution in [0.15, 0.2) is 50.8 Å². The highest BCUT2D eigenvalue weighted by atomic mass is 16.6. The Hall–Kier alpha value is -4.23. The summed E-state index contributed by atoms with van der Waals surface area (Å²) in [5.74, 6) is -3.35. The Morgan fingerprint density at radius 2 is 1.48 bits per heavy atom. The summed E-state index contributed by atoms with van der Waals surface area (Å²) >= 11 is 0. The molecule has 8 rings (SSSR count). The van der Waals surface area contributed by atoms with E-state index >= 15 is 0 Å². The molecule has 0 saturated heterocycles. The summed E-state index contributed by atoms with van der Waals surface area (Å²) < 4.78 is 18.6. The molecule has 40 heavy (non-hydrogen) atoms. The van der Waals surface area contributed by atoms with Gasteiger partial charge in [-0.25, -0.2) is 0 Å². The number of allylic oxidation sites excluding steroid dienone is 2. The van der Waals surface area contributed by atoms with Crippen molar-refractivity contribution in [3.63, 3.8) is 0 Å². The zero-order valence-corrected chi connectivity index (χ0v) is 22.8. The van der Waals surface area contributed by atoms with Crippen LogP contribution >= 0.6 is 0 Å². The molecular formula is C33H28O7. The Morgan fingerprint density at radius 1 is 0.850 bits per heavy atom. The van der Waals surface area contributed by atoms with Gasteiger partial charge in [-0.05, 0) is 75.1 Å². The van der Waals surface area contributed by atoms with Gasteiger partial charge in [-0.3, -0.25) is 4.79 Å². The first-order valence-corrected chi connectivity index (χ1v) is 13.5. The van der Waals surface area contributed by atoms with E-state index in [4.69, 9.17) is 13.6 Å². The largest absolute Gasteiger partial charge is 0.507 e. The van der Waals surface area contributed by atoms with Crippen LogP contribution in [0.3, 0.4) is 0 Å². The van der Waals surface area contributed by atoms with E-state index in [2.05, 4.69) is 6.08 Å². The summed E-state index contributed by atoms with van der Waals surface area (Å²) in [5.41, 5.74) is 5.76. The van der Waals surface area contributed by atoms with Crippen molar-refractivity contribution in [2.24, 2.45) is 5.92 Å². The first-order valence-electron chi connectivity index (χ1n) is 13.5. The molecule has 3 aromatic carbocycles. The average molecular weight is 537 g/mol. The fourth-order valence-corrected chi connectivity index (χ4v) is 8.19. The summed E-state index contributed by atoms with van der Waals surface area (Å²) in [6.07, 6.45) is 2.67. The van der Waals surface area contributed by atoms with Gasteiger partial charge in [0.2, 0.25) is 0 Å². The molecule has 0 saturated carbocycles. The number of hydrogen-bond donors (Lipinski definition) is 3. The molecule has 3 heterocycles. The highest BCUT2D eigenvalue weighted by molar-refractivity contribution is 6.12. The number of Topliss-reactive ketones (excluding diaryl/α,β-unsaturated/α-hetero) is 1.